The van der Waals surface area contributed by atoms with Crippen molar-refractivity contribution in [1.29, 1.82) is 0 Å². The Kier molecular flexibility index (Phi) is 10.9. The predicted molar refractivity (Wildman–Crippen MR) is 110 cm³/mol. The molecule has 0 radical (unpaired) electrons. The lowest BCUT2D eigenvalue weighted by Crippen LogP contribution is -2.23. The molecule has 0 aromatic rings. The molecule has 0 heterocycles. The third-order valence-electron chi connectivity index (χ3n) is 6.74. The van der Waals surface area contributed by atoms with Gasteiger partial charge in [-0.25, -0.2) is 0 Å². The fraction of sp³-hybridized carbons (Fsp3) is 0.917. The van der Waals surface area contributed by atoms with Crippen LogP contribution in [-0.4, -0.2) is 12.7 Å². The van der Waals surface area contributed by atoms with E-state index >= 15 is 0 Å². The maximum atomic E-state index is 6.02. The Morgan fingerprint density at radius 3 is 1.84 bits per heavy atom. The summed E-state index contributed by atoms with van der Waals surface area (Å²) in [6, 6.07) is 0. The molecule has 0 aliphatic heterocycles. The SMILES string of the molecule is CC/C=C/CCC1CCC(CCC2CCC(OCCCC)CC2)CC1. The van der Waals surface area contributed by atoms with Gasteiger partial charge in [0.05, 0.1) is 6.10 Å². The first-order valence-corrected chi connectivity index (χ1v) is 11.6. The zero-order valence-corrected chi connectivity index (χ0v) is 17.2. The summed E-state index contributed by atoms with van der Waals surface area (Å²) in [5.74, 6) is 3.07. The molecule has 0 aromatic heterocycles. The van der Waals surface area contributed by atoms with Gasteiger partial charge in [-0.2, -0.15) is 0 Å². The third kappa shape index (κ3) is 8.76. The lowest BCUT2D eigenvalue weighted by Gasteiger charge is -2.32. The normalized spacial score (nSPS) is 30.8. The van der Waals surface area contributed by atoms with E-state index in [0.717, 1.165) is 24.4 Å². The van der Waals surface area contributed by atoms with Gasteiger partial charge in [0.1, 0.15) is 0 Å². The minimum absolute atomic E-state index is 0.583. The largest absolute Gasteiger partial charge is 0.378 e. The maximum absolute atomic E-state index is 6.02. The first kappa shape index (κ1) is 21.0. The molecule has 0 amide bonds. The Hall–Kier alpha value is -0.300. The van der Waals surface area contributed by atoms with Crippen LogP contribution in [0.2, 0.25) is 0 Å². The van der Waals surface area contributed by atoms with Gasteiger partial charge in [-0.05, 0) is 69.1 Å². The quantitative estimate of drug-likeness (QED) is 0.274. The van der Waals surface area contributed by atoms with E-state index in [0.29, 0.717) is 6.10 Å². The summed E-state index contributed by atoms with van der Waals surface area (Å²) in [4.78, 5) is 0. The molecule has 1 nitrogen and oxygen atoms in total. The van der Waals surface area contributed by atoms with Gasteiger partial charge in [-0.3, -0.25) is 0 Å². The molecule has 2 rings (SSSR count). The van der Waals surface area contributed by atoms with Crippen molar-refractivity contribution in [3.63, 3.8) is 0 Å². The number of rotatable bonds is 11. The summed E-state index contributed by atoms with van der Waals surface area (Å²) < 4.78 is 6.02. The molecule has 0 N–H and O–H groups in total. The number of ether oxygens (including phenoxy) is 1. The second-order valence-electron chi connectivity index (χ2n) is 8.79. The van der Waals surface area contributed by atoms with Gasteiger partial charge in [-0.15, -0.1) is 0 Å². The van der Waals surface area contributed by atoms with Crippen LogP contribution in [0.3, 0.4) is 0 Å². The van der Waals surface area contributed by atoms with E-state index in [4.69, 9.17) is 4.74 Å². The molecule has 0 spiro atoms. The molecule has 0 aromatic carbocycles. The smallest absolute Gasteiger partial charge is 0.0575 e. The topological polar surface area (TPSA) is 9.23 Å². The van der Waals surface area contributed by atoms with Crippen LogP contribution in [0.25, 0.3) is 0 Å². The molecule has 2 aliphatic rings. The Labute approximate surface area is 158 Å². The summed E-state index contributed by atoms with van der Waals surface area (Å²) in [7, 11) is 0. The van der Waals surface area contributed by atoms with Crippen LogP contribution in [0.5, 0.6) is 0 Å². The van der Waals surface area contributed by atoms with Crippen LogP contribution < -0.4 is 0 Å². The van der Waals surface area contributed by atoms with Crippen molar-refractivity contribution in [3.05, 3.63) is 12.2 Å². The molecule has 2 aliphatic carbocycles. The minimum Gasteiger partial charge on any atom is -0.378 e. The fourth-order valence-electron chi connectivity index (χ4n) is 4.88. The van der Waals surface area contributed by atoms with E-state index < -0.39 is 0 Å². The summed E-state index contributed by atoms with van der Waals surface area (Å²) in [5, 5.41) is 0. The Bertz CT molecular complexity index is 332. The minimum atomic E-state index is 0.583. The highest BCUT2D eigenvalue weighted by molar-refractivity contribution is 4.82. The van der Waals surface area contributed by atoms with Gasteiger partial charge in [0, 0.05) is 6.61 Å². The molecular formula is C24H44O. The van der Waals surface area contributed by atoms with Crippen molar-refractivity contribution < 1.29 is 4.74 Å². The molecule has 2 fully saturated rings. The zero-order chi connectivity index (χ0) is 17.7. The van der Waals surface area contributed by atoms with Crippen molar-refractivity contribution >= 4 is 0 Å². The van der Waals surface area contributed by atoms with Crippen LogP contribution >= 0.6 is 0 Å². The summed E-state index contributed by atoms with van der Waals surface area (Å²) in [5.41, 5.74) is 0. The molecule has 0 atom stereocenters. The van der Waals surface area contributed by atoms with Gasteiger partial charge < -0.3 is 4.74 Å². The van der Waals surface area contributed by atoms with Gasteiger partial charge >= 0.3 is 0 Å². The summed E-state index contributed by atoms with van der Waals surface area (Å²) in [6.07, 6.45) is 26.3. The molecular weight excluding hydrogens is 304 g/mol. The van der Waals surface area contributed by atoms with E-state index in [9.17, 15) is 0 Å². The number of allylic oxidation sites excluding steroid dienone is 2. The van der Waals surface area contributed by atoms with Crippen molar-refractivity contribution in [1.82, 2.24) is 0 Å². The average Bonchev–Trinajstić information content (AvgIpc) is 2.66. The third-order valence-corrected chi connectivity index (χ3v) is 6.74. The van der Waals surface area contributed by atoms with Crippen molar-refractivity contribution in [2.24, 2.45) is 17.8 Å². The Morgan fingerprint density at radius 2 is 1.28 bits per heavy atom. The number of hydrogen-bond donors (Lipinski definition) is 0. The second-order valence-corrected chi connectivity index (χ2v) is 8.79. The van der Waals surface area contributed by atoms with E-state index in [-0.39, 0.29) is 0 Å². The van der Waals surface area contributed by atoms with Gasteiger partial charge in [0.25, 0.3) is 0 Å². The predicted octanol–water partition coefficient (Wildman–Crippen LogP) is 7.69. The van der Waals surface area contributed by atoms with Gasteiger partial charge in [0.15, 0.2) is 0 Å². The van der Waals surface area contributed by atoms with Crippen molar-refractivity contribution in [2.45, 2.75) is 116 Å². The Balaban J connectivity index is 1.50. The number of unbranched alkanes of at least 4 members (excludes halogenated alkanes) is 1. The lowest BCUT2D eigenvalue weighted by molar-refractivity contribution is 0.0150. The van der Waals surface area contributed by atoms with Crippen molar-refractivity contribution in [3.8, 4) is 0 Å². The first-order valence-electron chi connectivity index (χ1n) is 11.6. The second kappa shape index (κ2) is 13.0. The molecule has 0 unspecified atom stereocenters. The van der Waals surface area contributed by atoms with E-state index in [1.54, 1.807) is 0 Å². The Morgan fingerprint density at radius 1 is 0.720 bits per heavy atom. The van der Waals surface area contributed by atoms with Crippen LogP contribution in [0, 0.1) is 17.8 Å². The maximum Gasteiger partial charge on any atom is 0.0575 e. The summed E-state index contributed by atoms with van der Waals surface area (Å²) in [6.45, 7) is 5.47. The highest BCUT2D eigenvalue weighted by Gasteiger charge is 2.24. The highest BCUT2D eigenvalue weighted by atomic mass is 16.5. The molecule has 1 heteroatoms. The fourth-order valence-corrected chi connectivity index (χ4v) is 4.88. The summed E-state index contributed by atoms with van der Waals surface area (Å²) >= 11 is 0. The number of hydrogen-bond acceptors (Lipinski definition) is 1. The van der Waals surface area contributed by atoms with Crippen LogP contribution in [0.1, 0.15) is 110 Å². The molecule has 2 saturated carbocycles. The molecule has 146 valence electrons. The van der Waals surface area contributed by atoms with Crippen LogP contribution in [0.4, 0.5) is 0 Å². The molecule has 0 bridgehead atoms. The average molecular weight is 349 g/mol. The monoisotopic (exact) mass is 348 g/mol. The van der Waals surface area contributed by atoms with Gasteiger partial charge in [-0.1, -0.05) is 70.9 Å². The zero-order valence-electron chi connectivity index (χ0n) is 17.2. The van der Waals surface area contributed by atoms with Crippen molar-refractivity contribution in [2.75, 3.05) is 6.61 Å². The van der Waals surface area contributed by atoms with Crippen LogP contribution in [-0.2, 0) is 4.74 Å². The first-order chi connectivity index (χ1) is 12.3. The lowest BCUT2D eigenvalue weighted by atomic mass is 9.76. The highest BCUT2D eigenvalue weighted by Crippen LogP contribution is 2.37. The molecule has 0 saturated heterocycles. The van der Waals surface area contributed by atoms with E-state index in [2.05, 4.69) is 26.0 Å². The van der Waals surface area contributed by atoms with E-state index in [1.807, 2.05) is 0 Å². The van der Waals surface area contributed by atoms with Gasteiger partial charge in [0.2, 0.25) is 0 Å². The van der Waals surface area contributed by atoms with E-state index in [1.165, 1.54) is 96.3 Å². The molecule has 25 heavy (non-hydrogen) atoms. The standard InChI is InChI=1S/C24H44O/c1-3-5-7-8-9-21-10-12-22(13-11-21)14-15-23-16-18-24(19-17-23)25-20-6-4-2/h5,7,21-24H,3-4,6,8-20H2,1-2H3/b7-5+. The van der Waals surface area contributed by atoms with Crippen LogP contribution in [0.15, 0.2) is 12.2 Å².